The molecule has 0 spiro atoms. The largest absolute Gasteiger partial charge is 0.494 e. The third kappa shape index (κ3) is 5.63. The fraction of sp³-hybridized carbons (Fsp3) is 0.231. The zero-order valence-corrected chi connectivity index (χ0v) is 20.6. The van der Waals surface area contributed by atoms with E-state index in [1.807, 2.05) is 32.9 Å². The van der Waals surface area contributed by atoms with Gasteiger partial charge in [-0.2, -0.15) is 0 Å². The van der Waals surface area contributed by atoms with Gasteiger partial charge in [-0.1, -0.05) is 30.0 Å². The molecule has 0 atom stereocenters. The highest BCUT2D eigenvalue weighted by Crippen LogP contribution is 2.30. The van der Waals surface area contributed by atoms with Gasteiger partial charge >= 0.3 is 0 Å². The number of ether oxygens (including phenoxy) is 2. The molecule has 0 saturated heterocycles. The second kappa shape index (κ2) is 11.1. The molecule has 8 nitrogen and oxygen atoms in total. The van der Waals surface area contributed by atoms with Gasteiger partial charge < -0.3 is 14.8 Å². The van der Waals surface area contributed by atoms with E-state index in [9.17, 15) is 9.59 Å². The Morgan fingerprint density at radius 2 is 1.86 bits per heavy atom. The molecule has 180 valence electrons. The Hall–Kier alpha value is -3.85. The topological polar surface area (TPSA) is 95.3 Å². The summed E-state index contributed by atoms with van der Waals surface area (Å²) in [4.78, 5) is 35.3. The Labute approximate surface area is 207 Å². The van der Waals surface area contributed by atoms with Crippen molar-refractivity contribution in [3.8, 4) is 17.3 Å². The van der Waals surface area contributed by atoms with Crippen LogP contribution in [0.2, 0.25) is 0 Å². The van der Waals surface area contributed by atoms with Crippen LogP contribution in [0.15, 0.2) is 70.7 Å². The summed E-state index contributed by atoms with van der Waals surface area (Å²) in [5.74, 6) is 1.40. The van der Waals surface area contributed by atoms with E-state index in [4.69, 9.17) is 9.47 Å². The Kier molecular flexibility index (Phi) is 7.67. The van der Waals surface area contributed by atoms with Gasteiger partial charge in [0.05, 0.1) is 35.6 Å². The number of aromatic nitrogens is 3. The van der Waals surface area contributed by atoms with Gasteiger partial charge in [-0.05, 0) is 56.7 Å². The predicted octanol–water partition coefficient (Wildman–Crippen LogP) is 4.62. The number of para-hydroxylation sites is 1. The molecule has 2 heterocycles. The number of hydrogen-bond donors (Lipinski definition) is 1. The lowest BCUT2D eigenvalue weighted by molar-refractivity contribution is -0.113. The Morgan fingerprint density at radius 3 is 2.60 bits per heavy atom. The number of benzene rings is 2. The van der Waals surface area contributed by atoms with E-state index in [0.717, 1.165) is 17.3 Å². The number of carbonyl (C=O) groups excluding carboxylic acids is 1. The third-order valence-corrected chi connectivity index (χ3v) is 5.98. The maximum Gasteiger partial charge on any atom is 0.267 e. The molecule has 0 unspecified atom stereocenters. The number of aryl methyl sites for hydroxylation is 1. The van der Waals surface area contributed by atoms with Gasteiger partial charge in [0.2, 0.25) is 5.91 Å². The van der Waals surface area contributed by atoms with E-state index in [0.29, 0.717) is 52.3 Å². The van der Waals surface area contributed by atoms with Crippen LogP contribution in [-0.2, 0) is 4.79 Å². The van der Waals surface area contributed by atoms with Gasteiger partial charge in [-0.15, -0.1) is 0 Å². The minimum absolute atomic E-state index is 0.0288. The highest BCUT2D eigenvalue weighted by Gasteiger charge is 2.16. The molecule has 9 heteroatoms. The molecule has 0 aliphatic rings. The highest BCUT2D eigenvalue weighted by molar-refractivity contribution is 7.99. The molecule has 0 radical (unpaired) electrons. The summed E-state index contributed by atoms with van der Waals surface area (Å²) >= 11 is 1.16. The zero-order chi connectivity index (χ0) is 24.8. The maximum atomic E-state index is 13.3. The van der Waals surface area contributed by atoms with E-state index in [1.54, 1.807) is 48.7 Å². The fourth-order valence-corrected chi connectivity index (χ4v) is 4.27. The molecule has 0 aliphatic heterocycles. The van der Waals surface area contributed by atoms with Crippen LogP contribution in [0.3, 0.4) is 0 Å². The molecule has 35 heavy (non-hydrogen) atoms. The summed E-state index contributed by atoms with van der Waals surface area (Å²) in [5.41, 5.74) is 1.82. The standard InChI is InChI=1S/C26H26N4O4S/c1-4-33-18-11-12-22(34-5-2)21(14-18)28-24(31)16-35-26-29-20-9-7-6-8-19(20)25(32)30(26)23-13-10-17(3)15-27-23/h6-15H,4-5,16H2,1-3H3,(H,28,31). The minimum Gasteiger partial charge on any atom is -0.494 e. The maximum absolute atomic E-state index is 13.3. The molecule has 2 aromatic heterocycles. The number of nitrogens with one attached hydrogen (secondary N) is 1. The monoisotopic (exact) mass is 490 g/mol. The molecule has 2 aromatic carbocycles. The lowest BCUT2D eigenvalue weighted by Gasteiger charge is -2.14. The molecule has 1 amide bonds. The fourth-order valence-electron chi connectivity index (χ4n) is 3.46. The molecule has 0 bridgehead atoms. The van der Waals surface area contributed by atoms with Gasteiger partial charge in [0, 0.05) is 12.3 Å². The predicted molar refractivity (Wildman–Crippen MR) is 138 cm³/mol. The van der Waals surface area contributed by atoms with Crippen LogP contribution in [0.1, 0.15) is 19.4 Å². The van der Waals surface area contributed by atoms with Gasteiger partial charge in [0.15, 0.2) is 5.16 Å². The number of anilines is 1. The number of rotatable bonds is 9. The Balaban J connectivity index is 1.62. The molecule has 0 fully saturated rings. The van der Waals surface area contributed by atoms with Crippen molar-refractivity contribution in [2.45, 2.75) is 25.9 Å². The number of pyridine rings is 1. The summed E-state index contributed by atoms with van der Waals surface area (Å²) in [6.45, 7) is 6.67. The molecule has 1 N–H and O–H groups in total. The van der Waals surface area contributed by atoms with Gasteiger partial charge in [0.1, 0.15) is 17.3 Å². The first-order valence-electron chi connectivity index (χ1n) is 11.3. The summed E-state index contributed by atoms with van der Waals surface area (Å²) < 4.78 is 12.6. The molecular weight excluding hydrogens is 464 g/mol. The quantitative estimate of drug-likeness (QED) is 0.270. The molecular formula is C26H26N4O4S. The van der Waals surface area contributed by atoms with Crippen LogP contribution in [0.5, 0.6) is 11.5 Å². The van der Waals surface area contributed by atoms with E-state index in [-0.39, 0.29) is 17.2 Å². The summed E-state index contributed by atoms with van der Waals surface area (Å²) in [6.07, 6.45) is 1.69. The van der Waals surface area contributed by atoms with E-state index in [2.05, 4.69) is 15.3 Å². The van der Waals surface area contributed by atoms with Crippen LogP contribution >= 0.6 is 11.8 Å². The van der Waals surface area contributed by atoms with Crippen LogP contribution < -0.4 is 20.3 Å². The van der Waals surface area contributed by atoms with Gasteiger partial charge in [-0.25, -0.2) is 14.5 Å². The van der Waals surface area contributed by atoms with Crippen LogP contribution in [0, 0.1) is 6.92 Å². The van der Waals surface area contributed by atoms with Crippen LogP contribution in [0.4, 0.5) is 5.69 Å². The van der Waals surface area contributed by atoms with Crippen molar-refractivity contribution in [1.82, 2.24) is 14.5 Å². The first-order valence-corrected chi connectivity index (χ1v) is 12.3. The summed E-state index contributed by atoms with van der Waals surface area (Å²) in [6, 6.07) is 16.1. The van der Waals surface area contributed by atoms with Crippen molar-refractivity contribution >= 4 is 34.3 Å². The van der Waals surface area contributed by atoms with Crippen LogP contribution in [0.25, 0.3) is 16.7 Å². The second-order valence-corrected chi connectivity index (χ2v) is 8.55. The molecule has 0 aliphatic carbocycles. The van der Waals surface area contributed by atoms with Crippen LogP contribution in [-0.4, -0.2) is 39.4 Å². The number of carbonyl (C=O) groups is 1. The number of hydrogen-bond acceptors (Lipinski definition) is 7. The van der Waals surface area contributed by atoms with Gasteiger partial charge in [-0.3, -0.25) is 9.59 Å². The van der Waals surface area contributed by atoms with E-state index >= 15 is 0 Å². The summed E-state index contributed by atoms with van der Waals surface area (Å²) in [5, 5.41) is 3.75. The van der Waals surface area contributed by atoms with Crippen molar-refractivity contribution in [3.63, 3.8) is 0 Å². The Bertz CT molecular complexity index is 1400. The normalized spacial score (nSPS) is 10.8. The molecule has 4 aromatic rings. The lowest BCUT2D eigenvalue weighted by atomic mass is 10.2. The van der Waals surface area contributed by atoms with E-state index < -0.39 is 0 Å². The number of thioether (sulfide) groups is 1. The third-order valence-electron chi connectivity index (χ3n) is 5.04. The zero-order valence-electron chi connectivity index (χ0n) is 19.8. The summed E-state index contributed by atoms with van der Waals surface area (Å²) in [7, 11) is 0. The Morgan fingerprint density at radius 1 is 1.06 bits per heavy atom. The van der Waals surface area contributed by atoms with Crippen molar-refractivity contribution in [3.05, 3.63) is 76.7 Å². The van der Waals surface area contributed by atoms with Crippen molar-refractivity contribution in [1.29, 1.82) is 0 Å². The highest BCUT2D eigenvalue weighted by atomic mass is 32.2. The number of fused-ring (bicyclic) bond motifs is 1. The number of nitrogens with zero attached hydrogens (tertiary/aromatic N) is 3. The molecule has 4 rings (SSSR count). The first-order chi connectivity index (χ1) is 17.0. The van der Waals surface area contributed by atoms with Gasteiger partial charge in [0.25, 0.3) is 5.56 Å². The average molecular weight is 491 g/mol. The number of amides is 1. The van der Waals surface area contributed by atoms with Crippen molar-refractivity contribution in [2.24, 2.45) is 0 Å². The average Bonchev–Trinajstić information content (AvgIpc) is 2.85. The smallest absolute Gasteiger partial charge is 0.267 e. The lowest BCUT2D eigenvalue weighted by Crippen LogP contribution is -2.23. The minimum atomic E-state index is -0.268. The molecule has 0 saturated carbocycles. The van der Waals surface area contributed by atoms with Crippen molar-refractivity contribution < 1.29 is 14.3 Å². The SMILES string of the molecule is CCOc1ccc(OCC)c(NC(=O)CSc2nc3ccccc3c(=O)n2-c2ccc(C)cn2)c1. The first kappa shape index (κ1) is 24.3. The van der Waals surface area contributed by atoms with Crippen molar-refractivity contribution in [2.75, 3.05) is 24.3 Å². The second-order valence-electron chi connectivity index (χ2n) is 7.61. The van der Waals surface area contributed by atoms with E-state index in [1.165, 1.54) is 4.57 Å².